The van der Waals surface area contributed by atoms with Crippen molar-refractivity contribution in [2.75, 3.05) is 0 Å². The molecule has 4 heteroatoms. The first-order valence-electron chi connectivity index (χ1n) is 16.4. The van der Waals surface area contributed by atoms with Gasteiger partial charge in [-0.2, -0.15) is 0 Å². The molecule has 4 nitrogen and oxygen atoms in total. The van der Waals surface area contributed by atoms with E-state index >= 15 is 0 Å². The van der Waals surface area contributed by atoms with E-state index in [9.17, 15) is 0 Å². The molecule has 0 saturated carbocycles. The predicted octanol–water partition coefficient (Wildman–Crippen LogP) is 11.9. The topological polar surface area (TPSA) is 51.8 Å². The molecule has 0 N–H and O–H groups in total. The summed E-state index contributed by atoms with van der Waals surface area (Å²) in [5.41, 5.74) is 6.61. The minimum Gasteiger partial charge on any atom is -0.455 e. The van der Waals surface area contributed by atoms with E-state index < -0.39 is 0 Å². The van der Waals surface area contributed by atoms with E-state index in [1.165, 1.54) is 16.2 Å². The predicted molar refractivity (Wildman–Crippen MR) is 201 cm³/mol. The molecular formula is C45H27N3O. The second kappa shape index (κ2) is 11.0. The summed E-state index contributed by atoms with van der Waals surface area (Å²) in [5.74, 6) is 1.85. The third-order valence-corrected chi connectivity index (χ3v) is 9.46. The van der Waals surface area contributed by atoms with Gasteiger partial charge in [0.05, 0.1) is 0 Å². The Balaban J connectivity index is 1.25. The average Bonchev–Trinajstić information content (AvgIpc) is 3.55. The van der Waals surface area contributed by atoms with Crippen LogP contribution in [0, 0.1) is 0 Å². The molecule has 0 aliphatic carbocycles. The smallest absolute Gasteiger partial charge is 0.164 e. The zero-order valence-corrected chi connectivity index (χ0v) is 26.3. The van der Waals surface area contributed by atoms with Crippen LogP contribution in [0.15, 0.2) is 168 Å². The lowest BCUT2D eigenvalue weighted by Gasteiger charge is -2.11. The lowest BCUT2D eigenvalue weighted by Crippen LogP contribution is -2.00. The number of fused-ring (bicyclic) bond motifs is 6. The number of furan rings is 1. The fourth-order valence-electron chi connectivity index (χ4n) is 7.11. The Morgan fingerprint density at radius 1 is 0.367 bits per heavy atom. The normalized spacial score (nSPS) is 11.7. The quantitative estimate of drug-likeness (QED) is 0.195. The molecule has 0 aliphatic heterocycles. The van der Waals surface area contributed by atoms with Crippen LogP contribution in [0.2, 0.25) is 0 Å². The summed E-state index contributed by atoms with van der Waals surface area (Å²) in [4.78, 5) is 15.3. The molecule has 0 spiro atoms. The first kappa shape index (κ1) is 27.5. The minimum absolute atomic E-state index is 0.603. The Bertz CT molecular complexity index is 2890. The highest BCUT2D eigenvalue weighted by Crippen LogP contribution is 2.44. The molecule has 0 saturated heterocycles. The molecule has 2 aromatic heterocycles. The van der Waals surface area contributed by atoms with Crippen molar-refractivity contribution in [2.24, 2.45) is 0 Å². The Hall–Kier alpha value is -6.65. The zero-order valence-electron chi connectivity index (χ0n) is 26.3. The van der Waals surface area contributed by atoms with Crippen LogP contribution in [0.1, 0.15) is 0 Å². The third-order valence-electron chi connectivity index (χ3n) is 9.46. The molecule has 0 fully saturated rings. The number of hydrogen-bond acceptors (Lipinski definition) is 4. The van der Waals surface area contributed by atoms with Crippen molar-refractivity contribution in [1.82, 2.24) is 15.0 Å². The highest BCUT2D eigenvalue weighted by atomic mass is 16.3. The summed E-state index contributed by atoms with van der Waals surface area (Å²) >= 11 is 0. The van der Waals surface area contributed by atoms with Gasteiger partial charge in [0.25, 0.3) is 0 Å². The van der Waals surface area contributed by atoms with E-state index in [-0.39, 0.29) is 0 Å². The van der Waals surface area contributed by atoms with Gasteiger partial charge in [-0.25, -0.2) is 15.0 Å². The largest absolute Gasteiger partial charge is 0.455 e. The van der Waals surface area contributed by atoms with Gasteiger partial charge in [-0.1, -0.05) is 140 Å². The Kier molecular flexibility index (Phi) is 6.15. The van der Waals surface area contributed by atoms with Crippen molar-refractivity contribution >= 4 is 54.3 Å². The fraction of sp³-hybridized carbons (Fsp3) is 0. The van der Waals surface area contributed by atoms with Crippen LogP contribution < -0.4 is 0 Å². The number of aromatic nitrogens is 3. The van der Waals surface area contributed by atoms with Crippen molar-refractivity contribution in [1.29, 1.82) is 0 Å². The molecule has 8 aromatic carbocycles. The van der Waals surface area contributed by atoms with Gasteiger partial charge in [0.2, 0.25) is 0 Å². The monoisotopic (exact) mass is 625 g/mol. The number of benzene rings is 8. The molecule has 0 bridgehead atoms. The molecule has 49 heavy (non-hydrogen) atoms. The molecule has 10 aromatic rings. The molecule has 0 atom stereocenters. The summed E-state index contributed by atoms with van der Waals surface area (Å²) in [5, 5.41) is 9.02. The van der Waals surface area contributed by atoms with Crippen LogP contribution in [-0.2, 0) is 0 Å². The van der Waals surface area contributed by atoms with Crippen LogP contribution in [0.25, 0.3) is 99.5 Å². The van der Waals surface area contributed by atoms with Gasteiger partial charge >= 0.3 is 0 Å². The number of rotatable bonds is 4. The molecule has 0 unspecified atom stereocenters. The maximum Gasteiger partial charge on any atom is 0.164 e. The molecule has 0 amide bonds. The van der Waals surface area contributed by atoms with Gasteiger partial charge in [-0.15, -0.1) is 0 Å². The summed E-state index contributed by atoms with van der Waals surface area (Å²) in [7, 11) is 0. The third kappa shape index (κ3) is 4.57. The molecule has 0 aliphatic rings. The van der Waals surface area contributed by atoms with Gasteiger partial charge in [0, 0.05) is 33.0 Å². The van der Waals surface area contributed by atoms with Gasteiger partial charge in [0.15, 0.2) is 17.5 Å². The average molecular weight is 626 g/mol. The summed E-state index contributed by atoms with van der Waals surface area (Å²) in [6.07, 6.45) is 0. The van der Waals surface area contributed by atoms with Crippen molar-refractivity contribution in [3.63, 3.8) is 0 Å². The minimum atomic E-state index is 0.603. The van der Waals surface area contributed by atoms with Crippen molar-refractivity contribution in [2.45, 2.75) is 0 Å². The highest BCUT2D eigenvalue weighted by molar-refractivity contribution is 6.21. The lowest BCUT2D eigenvalue weighted by molar-refractivity contribution is 0.670. The van der Waals surface area contributed by atoms with E-state index in [1.807, 2.05) is 42.5 Å². The number of hydrogen-bond donors (Lipinski definition) is 0. The zero-order chi connectivity index (χ0) is 32.3. The van der Waals surface area contributed by atoms with Crippen molar-refractivity contribution in [3.8, 4) is 45.3 Å². The first-order chi connectivity index (χ1) is 24.3. The van der Waals surface area contributed by atoms with Gasteiger partial charge < -0.3 is 4.42 Å². The molecule has 0 radical (unpaired) electrons. The van der Waals surface area contributed by atoms with Crippen LogP contribution in [0.4, 0.5) is 0 Å². The summed E-state index contributed by atoms with van der Waals surface area (Å²) < 4.78 is 6.83. The fourth-order valence-corrected chi connectivity index (χ4v) is 7.11. The summed E-state index contributed by atoms with van der Waals surface area (Å²) in [6.45, 7) is 0. The van der Waals surface area contributed by atoms with Crippen LogP contribution in [0.5, 0.6) is 0 Å². The van der Waals surface area contributed by atoms with Crippen LogP contribution in [0.3, 0.4) is 0 Å². The van der Waals surface area contributed by atoms with E-state index in [0.717, 1.165) is 65.9 Å². The maximum atomic E-state index is 6.83. The van der Waals surface area contributed by atoms with E-state index in [4.69, 9.17) is 19.4 Å². The Labute approximate surface area is 282 Å². The Morgan fingerprint density at radius 3 is 1.71 bits per heavy atom. The summed E-state index contributed by atoms with van der Waals surface area (Å²) in [6, 6.07) is 56.9. The standard InChI is InChI=1S/C45H27N3O/c1-2-13-30(14-3-1)43-46-44(35-24-22-29-12-5-7-16-32(29)26-35)48-45(47-43)37-19-10-20-39-41(37)38-27-33-17-8-9-18-36(33)40(42(38)49-39)34-23-21-28-11-4-6-15-31(28)25-34/h1-27H. The Morgan fingerprint density at radius 2 is 0.959 bits per heavy atom. The molecule has 228 valence electrons. The van der Waals surface area contributed by atoms with E-state index in [1.54, 1.807) is 0 Å². The van der Waals surface area contributed by atoms with E-state index in [2.05, 4.69) is 121 Å². The van der Waals surface area contributed by atoms with Crippen molar-refractivity contribution in [3.05, 3.63) is 164 Å². The second-order valence-electron chi connectivity index (χ2n) is 12.4. The molecular weight excluding hydrogens is 599 g/mol. The van der Waals surface area contributed by atoms with Crippen LogP contribution >= 0.6 is 0 Å². The SMILES string of the molecule is c1ccc(-c2nc(-c3ccc4ccccc4c3)nc(-c3cccc4oc5c(-c6ccc7ccccc7c6)c6ccccc6cc5c34)n2)cc1. The van der Waals surface area contributed by atoms with Gasteiger partial charge in [0.1, 0.15) is 11.2 Å². The molecule has 2 heterocycles. The second-order valence-corrected chi connectivity index (χ2v) is 12.4. The van der Waals surface area contributed by atoms with Crippen LogP contribution in [-0.4, -0.2) is 15.0 Å². The first-order valence-corrected chi connectivity index (χ1v) is 16.4. The lowest BCUT2D eigenvalue weighted by atomic mass is 9.93. The van der Waals surface area contributed by atoms with Crippen molar-refractivity contribution < 1.29 is 4.42 Å². The van der Waals surface area contributed by atoms with Gasteiger partial charge in [-0.3, -0.25) is 0 Å². The van der Waals surface area contributed by atoms with E-state index in [0.29, 0.717) is 17.5 Å². The highest BCUT2D eigenvalue weighted by Gasteiger charge is 2.21. The van der Waals surface area contributed by atoms with Gasteiger partial charge in [-0.05, 0) is 62.1 Å². The molecule has 10 rings (SSSR count). The number of nitrogens with zero attached hydrogens (tertiary/aromatic N) is 3. The maximum absolute atomic E-state index is 6.83.